The molecule has 4 heterocycles. The van der Waals surface area contributed by atoms with E-state index < -0.39 is 12.0 Å². The second kappa shape index (κ2) is 10.4. The Morgan fingerprint density at radius 3 is 2.67 bits per heavy atom. The number of carbonyl (C=O) groups excluding carboxylic acids is 1. The lowest BCUT2D eigenvalue weighted by Gasteiger charge is -2.24. The molecule has 0 saturated carbocycles. The van der Waals surface area contributed by atoms with Crippen LogP contribution in [-0.2, 0) is 9.53 Å². The van der Waals surface area contributed by atoms with E-state index in [4.69, 9.17) is 19.2 Å². The summed E-state index contributed by atoms with van der Waals surface area (Å²) in [5, 5.41) is 1.04. The third-order valence-corrected chi connectivity index (χ3v) is 8.84. The number of H-pyrrole nitrogens is 1. The van der Waals surface area contributed by atoms with Crippen LogP contribution in [0.1, 0.15) is 42.1 Å². The molecule has 1 N–H and O–H groups in total. The molecular formula is C34H29N3O5S. The van der Waals surface area contributed by atoms with E-state index in [1.807, 2.05) is 36.4 Å². The fourth-order valence-electron chi connectivity index (χ4n) is 5.98. The zero-order valence-electron chi connectivity index (χ0n) is 24.2. The minimum Gasteiger partial charge on any atom is -0.463 e. The third kappa shape index (κ3) is 4.47. The van der Waals surface area contributed by atoms with Crippen LogP contribution in [0.15, 0.2) is 81.7 Å². The number of fused-ring (bicyclic) bond motifs is 3. The fourth-order valence-corrected chi connectivity index (χ4v) is 7.00. The standard InChI is InChI=1S/C34H29N3O5S/c1-5-40-33(39)28-20(4)35-34-37(31(28)22-11-12-25-26(15-22)42-17-41-25)32(38)27(43-34)16-24-23-14-18(2)13-19(3)29(23)36-30(24)21-9-7-6-8-10-21/h6-16,31,36H,5,17H2,1-4H3/b27-16-/t31-/m1/s1. The van der Waals surface area contributed by atoms with Crippen LogP contribution in [-0.4, -0.2) is 28.9 Å². The number of nitrogens with one attached hydrogen (secondary N) is 1. The van der Waals surface area contributed by atoms with Crippen molar-refractivity contribution in [2.24, 2.45) is 4.99 Å². The molecule has 216 valence electrons. The fraction of sp³-hybridized carbons (Fsp3) is 0.206. The van der Waals surface area contributed by atoms with E-state index in [0.717, 1.165) is 38.9 Å². The van der Waals surface area contributed by atoms with Crippen molar-refractivity contribution in [2.45, 2.75) is 33.7 Å². The van der Waals surface area contributed by atoms with Crippen molar-refractivity contribution >= 4 is 34.3 Å². The van der Waals surface area contributed by atoms with Gasteiger partial charge in [-0.3, -0.25) is 9.36 Å². The molecule has 2 aliphatic heterocycles. The van der Waals surface area contributed by atoms with E-state index in [9.17, 15) is 9.59 Å². The third-order valence-electron chi connectivity index (χ3n) is 7.86. The van der Waals surface area contributed by atoms with Crippen molar-refractivity contribution in [1.82, 2.24) is 9.55 Å². The van der Waals surface area contributed by atoms with Crippen molar-refractivity contribution in [3.8, 4) is 22.8 Å². The SMILES string of the molecule is CCOC(=O)C1=C(C)N=c2s/c(=C\c3c(-c4ccccc4)[nH]c4c(C)cc(C)cc34)c(=O)n2[C@@H]1c1ccc2c(c1)OCO2. The normalized spacial score (nSPS) is 16.0. The highest BCUT2D eigenvalue weighted by molar-refractivity contribution is 7.07. The number of allylic oxidation sites excluding steroid dienone is 1. The summed E-state index contributed by atoms with van der Waals surface area (Å²) in [5.41, 5.74) is 7.49. The minimum atomic E-state index is -0.743. The van der Waals surface area contributed by atoms with E-state index in [-0.39, 0.29) is 19.0 Å². The molecular weight excluding hydrogens is 562 g/mol. The van der Waals surface area contributed by atoms with E-state index in [0.29, 0.717) is 37.7 Å². The second-order valence-corrected chi connectivity index (χ2v) is 11.7. The molecule has 0 fully saturated rings. The lowest BCUT2D eigenvalue weighted by Crippen LogP contribution is -2.39. The molecule has 0 unspecified atom stereocenters. The molecule has 2 aliphatic rings. The van der Waals surface area contributed by atoms with Gasteiger partial charge in [0.05, 0.1) is 34.1 Å². The van der Waals surface area contributed by atoms with Gasteiger partial charge in [-0.1, -0.05) is 59.4 Å². The summed E-state index contributed by atoms with van der Waals surface area (Å²) in [6.45, 7) is 8.02. The van der Waals surface area contributed by atoms with Gasteiger partial charge in [0.2, 0.25) is 6.79 Å². The molecule has 0 bridgehead atoms. The summed E-state index contributed by atoms with van der Waals surface area (Å²) < 4.78 is 18.7. The maximum absolute atomic E-state index is 14.3. The van der Waals surface area contributed by atoms with E-state index >= 15 is 0 Å². The molecule has 0 radical (unpaired) electrons. The van der Waals surface area contributed by atoms with Gasteiger partial charge in [-0.25, -0.2) is 9.79 Å². The number of rotatable bonds is 5. The Bertz CT molecular complexity index is 2150. The van der Waals surface area contributed by atoms with Crippen molar-refractivity contribution in [3.05, 3.63) is 114 Å². The average Bonchev–Trinajstić information content (AvgIpc) is 3.69. The van der Waals surface area contributed by atoms with E-state index in [1.165, 1.54) is 11.3 Å². The Balaban J connectivity index is 1.48. The highest BCUT2D eigenvalue weighted by Crippen LogP contribution is 2.38. The molecule has 5 aromatic rings. The maximum Gasteiger partial charge on any atom is 0.338 e. The first-order chi connectivity index (χ1) is 20.8. The lowest BCUT2D eigenvalue weighted by atomic mass is 9.95. The van der Waals surface area contributed by atoms with Crippen LogP contribution < -0.4 is 24.4 Å². The maximum atomic E-state index is 14.3. The number of benzene rings is 3. The first-order valence-corrected chi connectivity index (χ1v) is 14.9. The average molecular weight is 592 g/mol. The summed E-state index contributed by atoms with van der Waals surface area (Å²) in [7, 11) is 0. The molecule has 1 atom stereocenters. The summed E-state index contributed by atoms with van der Waals surface area (Å²) in [4.78, 5) is 36.5. The number of ether oxygens (including phenoxy) is 3. The second-order valence-electron chi connectivity index (χ2n) is 10.7. The van der Waals surface area contributed by atoms with Crippen LogP contribution >= 0.6 is 11.3 Å². The molecule has 0 spiro atoms. The number of carbonyl (C=O) groups is 1. The quantitative estimate of drug-likeness (QED) is 0.280. The van der Waals surface area contributed by atoms with Gasteiger partial charge < -0.3 is 19.2 Å². The smallest absolute Gasteiger partial charge is 0.338 e. The molecule has 9 heteroatoms. The number of aryl methyl sites for hydroxylation is 2. The molecule has 2 aromatic heterocycles. The predicted molar refractivity (Wildman–Crippen MR) is 166 cm³/mol. The monoisotopic (exact) mass is 591 g/mol. The van der Waals surface area contributed by atoms with E-state index in [2.05, 4.69) is 43.1 Å². The first-order valence-electron chi connectivity index (χ1n) is 14.1. The van der Waals surface area contributed by atoms with Gasteiger partial charge in [-0.05, 0) is 68.7 Å². The summed E-state index contributed by atoms with van der Waals surface area (Å²) in [6, 6.07) is 19.1. The van der Waals surface area contributed by atoms with Crippen LogP contribution in [0.3, 0.4) is 0 Å². The summed E-state index contributed by atoms with van der Waals surface area (Å²) in [6.07, 6.45) is 1.95. The topological polar surface area (TPSA) is 94.9 Å². The van der Waals surface area contributed by atoms with Gasteiger partial charge in [0.25, 0.3) is 5.56 Å². The molecule has 43 heavy (non-hydrogen) atoms. The van der Waals surface area contributed by atoms with Gasteiger partial charge in [-0.2, -0.15) is 0 Å². The first kappa shape index (κ1) is 27.0. The van der Waals surface area contributed by atoms with Crippen LogP contribution in [0.25, 0.3) is 28.2 Å². The van der Waals surface area contributed by atoms with Crippen molar-refractivity contribution < 1.29 is 19.0 Å². The molecule has 0 amide bonds. The van der Waals surface area contributed by atoms with Gasteiger partial charge in [0.1, 0.15) is 0 Å². The predicted octanol–water partition coefficient (Wildman–Crippen LogP) is 5.29. The number of thiazole rings is 1. The van der Waals surface area contributed by atoms with Gasteiger partial charge >= 0.3 is 5.97 Å². The zero-order chi connectivity index (χ0) is 29.8. The largest absolute Gasteiger partial charge is 0.463 e. The number of aromatic amines is 1. The van der Waals surface area contributed by atoms with Crippen LogP contribution in [0.2, 0.25) is 0 Å². The van der Waals surface area contributed by atoms with Crippen molar-refractivity contribution in [3.63, 3.8) is 0 Å². The molecule has 0 saturated heterocycles. The molecule has 8 nitrogen and oxygen atoms in total. The van der Waals surface area contributed by atoms with Crippen molar-refractivity contribution in [2.75, 3.05) is 13.4 Å². The molecule has 7 rings (SSSR count). The summed E-state index contributed by atoms with van der Waals surface area (Å²) >= 11 is 1.31. The Morgan fingerprint density at radius 2 is 1.88 bits per heavy atom. The minimum absolute atomic E-state index is 0.120. The lowest BCUT2D eigenvalue weighted by molar-refractivity contribution is -0.139. The van der Waals surface area contributed by atoms with Crippen molar-refractivity contribution in [1.29, 1.82) is 0 Å². The highest BCUT2D eigenvalue weighted by Gasteiger charge is 2.34. The van der Waals surface area contributed by atoms with Crippen LogP contribution in [0.4, 0.5) is 0 Å². The van der Waals surface area contributed by atoms with Gasteiger partial charge in [-0.15, -0.1) is 0 Å². The highest BCUT2D eigenvalue weighted by atomic mass is 32.1. The number of aromatic nitrogens is 2. The van der Waals surface area contributed by atoms with Crippen LogP contribution in [0, 0.1) is 13.8 Å². The zero-order valence-corrected chi connectivity index (χ0v) is 25.0. The molecule has 0 aliphatic carbocycles. The number of hydrogen-bond acceptors (Lipinski definition) is 7. The van der Waals surface area contributed by atoms with Gasteiger partial charge in [0.15, 0.2) is 16.3 Å². The Morgan fingerprint density at radius 1 is 1.09 bits per heavy atom. The van der Waals surface area contributed by atoms with Crippen LogP contribution in [0.5, 0.6) is 11.5 Å². The van der Waals surface area contributed by atoms with Gasteiger partial charge in [0, 0.05) is 16.5 Å². The number of hydrogen-bond donors (Lipinski definition) is 1. The Hall–Kier alpha value is -4.89. The molecule has 3 aromatic carbocycles. The number of esters is 1. The summed E-state index contributed by atoms with van der Waals surface area (Å²) in [5.74, 6) is 0.678. The Kier molecular flexibility index (Phi) is 6.54. The Labute approximate surface area is 251 Å². The number of nitrogens with zero attached hydrogens (tertiary/aromatic N) is 2. The van der Waals surface area contributed by atoms with E-state index in [1.54, 1.807) is 24.5 Å².